The Morgan fingerprint density at radius 2 is 2.00 bits per heavy atom. The topological polar surface area (TPSA) is 60.5 Å². The maximum absolute atomic E-state index is 11.7. The van der Waals surface area contributed by atoms with Gasteiger partial charge in [0.25, 0.3) is 0 Å². The molecule has 2 aromatic rings. The number of nitrogens with zero attached hydrogens (tertiary/aromatic N) is 2. The largest absolute Gasteiger partial charge is 0.490 e. The number of rotatable bonds is 7. The molecule has 1 aromatic heterocycles. The van der Waals surface area contributed by atoms with Gasteiger partial charge in [0, 0.05) is 13.6 Å². The second-order valence-corrected chi connectivity index (χ2v) is 5.41. The van der Waals surface area contributed by atoms with Crippen LogP contribution in [0.4, 0.5) is 0 Å². The highest BCUT2D eigenvalue weighted by atomic mass is 16.5. The van der Waals surface area contributed by atoms with Crippen molar-refractivity contribution in [1.29, 1.82) is 0 Å². The highest BCUT2D eigenvalue weighted by Gasteiger charge is 2.18. The summed E-state index contributed by atoms with van der Waals surface area (Å²) < 4.78 is 8.06. The van der Waals surface area contributed by atoms with Crippen LogP contribution in [0.15, 0.2) is 18.2 Å². The van der Waals surface area contributed by atoms with Gasteiger partial charge in [-0.3, -0.25) is 4.79 Å². The van der Waals surface area contributed by atoms with Gasteiger partial charge in [0.1, 0.15) is 12.4 Å². The molecule has 0 fully saturated rings. The molecule has 120 valence electrons. The van der Waals surface area contributed by atoms with E-state index in [1.165, 1.54) is 0 Å². The average molecular weight is 303 g/mol. The lowest BCUT2D eigenvalue weighted by Gasteiger charge is -2.18. The smallest absolute Gasteiger partial charge is 0.249 e. The zero-order valence-electron chi connectivity index (χ0n) is 13.8. The highest BCUT2D eigenvalue weighted by Crippen LogP contribution is 2.34. The minimum absolute atomic E-state index is 0.426. The van der Waals surface area contributed by atoms with E-state index >= 15 is 0 Å². The number of carbonyl (C=O) groups excluding carboxylic acids is 1. The standard InChI is InChI=1S/C17H25N3O2/c1-5-20(6-2)10-11-22-16-12(3)19(4)14-9-7-8-13(15(14)16)17(18)21/h7-9H,5-6,10-11H2,1-4H3,(H2,18,21). The third kappa shape index (κ3) is 2.95. The number of ether oxygens (including phenoxy) is 1. The summed E-state index contributed by atoms with van der Waals surface area (Å²) in [6.45, 7) is 9.73. The molecule has 0 atom stereocenters. The summed E-state index contributed by atoms with van der Waals surface area (Å²) in [6, 6.07) is 5.58. The normalized spacial score (nSPS) is 11.3. The van der Waals surface area contributed by atoms with Crippen LogP contribution < -0.4 is 10.5 Å². The van der Waals surface area contributed by atoms with Gasteiger partial charge in [-0.25, -0.2) is 0 Å². The van der Waals surface area contributed by atoms with Gasteiger partial charge < -0.3 is 19.9 Å². The Balaban J connectivity index is 2.36. The zero-order valence-corrected chi connectivity index (χ0v) is 13.8. The molecule has 5 nitrogen and oxygen atoms in total. The lowest BCUT2D eigenvalue weighted by atomic mass is 10.1. The van der Waals surface area contributed by atoms with Crippen LogP contribution in [0.1, 0.15) is 29.9 Å². The van der Waals surface area contributed by atoms with Crippen molar-refractivity contribution in [3.8, 4) is 5.75 Å². The van der Waals surface area contributed by atoms with Gasteiger partial charge in [-0.15, -0.1) is 0 Å². The van der Waals surface area contributed by atoms with E-state index < -0.39 is 5.91 Å². The second-order valence-electron chi connectivity index (χ2n) is 5.41. The first kappa shape index (κ1) is 16.4. The number of fused-ring (bicyclic) bond motifs is 1. The first-order valence-electron chi connectivity index (χ1n) is 7.74. The summed E-state index contributed by atoms with van der Waals surface area (Å²) >= 11 is 0. The number of hydrogen-bond acceptors (Lipinski definition) is 3. The summed E-state index contributed by atoms with van der Waals surface area (Å²) in [5.74, 6) is 0.337. The van der Waals surface area contributed by atoms with Gasteiger partial charge in [-0.2, -0.15) is 0 Å². The molecule has 2 rings (SSSR count). The Labute approximate surface area is 131 Å². The van der Waals surface area contributed by atoms with Crippen LogP contribution in [-0.4, -0.2) is 41.6 Å². The Bertz CT molecular complexity index is 672. The van der Waals surface area contributed by atoms with Gasteiger partial charge in [-0.05, 0) is 32.1 Å². The summed E-state index contributed by atoms with van der Waals surface area (Å²) in [7, 11) is 1.97. The van der Waals surface area contributed by atoms with Crippen molar-refractivity contribution in [3.63, 3.8) is 0 Å². The number of carbonyl (C=O) groups is 1. The Hall–Kier alpha value is -2.01. The van der Waals surface area contributed by atoms with E-state index in [-0.39, 0.29) is 0 Å². The Kier molecular flexibility index (Phi) is 5.08. The number of hydrogen-bond donors (Lipinski definition) is 1. The minimum atomic E-state index is -0.426. The van der Waals surface area contributed by atoms with E-state index in [0.717, 1.165) is 42.0 Å². The maximum atomic E-state index is 11.7. The van der Waals surface area contributed by atoms with Crippen LogP contribution in [0.2, 0.25) is 0 Å². The molecule has 1 aromatic carbocycles. The molecule has 0 bridgehead atoms. The van der Waals surface area contributed by atoms with E-state index in [4.69, 9.17) is 10.5 Å². The van der Waals surface area contributed by atoms with Crippen LogP contribution in [0.25, 0.3) is 10.9 Å². The van der Waals surface area contributed by atoms with E-state index in [1.807, 2.05) is 30.7 Å². The van der Waals surface area contributed by atoms with Gasteiger partial charge in [-0.1, -0.05) is 19.9 Å². The molecular weight excluding hydrogens is 278 g/mol. The Morgan fingerprint density at radius 1 is 1.32 bits per heavy atom. The van der Waals surface area contributed by atoms with Crippen LogP contribution in [0.3, 0.4) is 0 Å². The number of aryl methyl sites for hydroxylation is 1. The molecule has 0 aliphatic heterocycles. The molecule has 0 unspecified atom stereocenters. The minimum Gasteiger partial charge on any atom is -0.490 e. The lowest BCUT2D eigenvalue weighted by molar-refractivity contribution is 0.100. The molecule has 2 N–H and O–H groups in total. The first-order valence-corrected chi connectivity index (χ1v) is 7.74. The number of primary amides is 1. The quantitative estimate of drug-likeness (QED) is 0.854. The van der Waals surface area contributed by atoms with E-state index in [2.05, 4.69) is 18.7 Å². The van der Waals surface area contributed by atoms with Crippen molar-refractivity contribution in [2.75, 3.05) is 26.2 Å². The fourth-order valence-electron chi connectivity index (χ4n) is 2.77. The van der Waals surface area contributed by atoms with Crippen LogP contribution in [0.5, 0.6) is 5.75 Å². The van der Waals surface area contributed by atoms with Crippen LogP contribution in [0, 0.1) is 6.92 Å². The number of likely N-dealkylation sites (N-methyl/N-ethyl adjacent to an activating group) is 1. The maximum Gasteiger partial charge on any atom is 0.249 e. The highest BCUT2D eigenvalue weighted by molar-refractivity contribution is 6.08. The summed E-state index contributed by atoms with van der Waals surface area (Å²) in [6.07, 6.45) is 0. The number of amides is 1. The fourth-order valence-corrected chi connectivity index (χ4v) is 2.77. The van der Waals surface area contributed by atoms with E-state index in [9.17, 15) is 4.79 Å². The molecule has 22 heavy (non-hydrogen) atoms. The van der Waals surface area contributed by atoms with E-state index in [1.54, 1.807) is 6.07 Å². The molecule has 0 radical (unpaired) electrons. The first-order chi connectivity index (χ1) is 10.5. The molecule has 0 spiro atoms. The third-order valence-corrected chi connectivity index (χ3v) is 4.28. The SMILES string of the molecule is CCN(CC)CCOc1c(C)n(C)c2cccc(C(N)=O)c12. The van der Waals surface area contributed by atoms with Crippen molar-refractivity contribution >= 4 is 16.8 Å². The monoisotopic (exact) mass is 303 g/mol. The fraction of sp³-hybridized carbons (Fsp3) is 0.471. The summed E-state index contributed by atoms with van der Waals surface area (Å²) in [4.78, 5) is 14.0. The molecular formula is C17H25N3O2. The van der Waals surface area contributed by atoms with Crippen LogP contribution in [-0.2, 0) is 7.05 Å². The van der Waals surface area contributed by atoms with E-state index in [0.29, 0.717) is 12.2 Å². The molecule has 0 aliphatic rings. The van der Waals surface area contributed by atoms with Crippen molar-refractivity contribution in [1.82, 2.24) is 9.47 Å². The van der Waals surface area contributed by atoms with Crippen molar-refractivity contribution in [3.05, 3.63) is 29.5 Å². The average Bonchev–Trinajstić information content (AvgIpc) is 2.76. The number of nitrogens with two attached hydrogens (primary N) is 1. The third-order valence-electron chi connectivity index (χ3n) is 4.28. The molecule has 0 saturated carbocycles. The molecule has 0 aliphatic carbocycles. The van der Waals surface area contributed by atoms with Crippen molar-refractivity contribution in [2.45, 2.75) is 20.8 Å². The Morgan fingerprint density at radius 3 is 2.59 bits per heavy atom. The molecule has 5 heteroatoms. The number of benzene rings is 1. The predicted octanol–water partition coefficient (Wildman–Crippen LogP) is 2.31. The second kappa shape index (κ2) is 6.83. The molecule has 1 heterocycles. The number of aromatic nitrogens is 1. The molecule has 0 saturated heterocycles. The summed E-state index contributed by atoms with van der Waals surface area (Å²) in [5.41, 5.74) is 8.00. The molecule has 1 amide bonds. The lowest BCUT2D eigenvalue weighted by Crippen LogP contribution is -2.28. The van der Waals surface area contributed by atoms with Crippen LogP contribution >= 0.6 is 0 Å². The zero-order chi connectivity index (χ0) is 16.3. The summed E-state index contributed by atoms with van der Waals surface area (Å²) in [5, 5.41) is 0.814. The van der Waals surface area contributed by atoms with Gasteiger partial charge in [0.05, 0.1) is 22.2 Å². The predicted molar refractivity (Wildman–Crippen MR) is 89.5 cm³/mol. The van der Waals surface area contributed by atoms with Gasteiger partial charge in [0.2, 0.25) is 5.91 Å². The van der Waals surface area contributed by atoms with Gasteiger partial charge in [0.15, 0.2) is 0 Å². The van der Waals surface area contributed by atoms with Crippen molar-refractivity contribution < 1.29 is 9.53 Å². The van der Waals surface area contributed by atoms with Gasteiger partial charge >= 0.3 is 0 Å². The van der Waals surface area contributed by atoms with Crippen molar-refractivity contribution in [2.24, 2.45) is 12.8 Å².